The molecule has 9 nitrogen and oxygen atoms in total. The molecule has 0 unspecified atom stereocenters. The van der Waals surface area contributed by atoms with Crippen molar-refractivity contribution in [2.45, 2.75) is 26.7 Å². The molecule has 0 spiro atoms. The molecule has 0 atom stereocenters. The summed E-state index contributed by atoms with van der Waals surface area (Å²) in [4.78, 5) is 11.9. The summed E-state index contributed by atoms with van der Waals surface area (Å²) in [5.74, 6) is -0.298. The number of nitrogens with one attached hydrogen (secondary N) is 1. The molecule has 0 aliphatic carbocycles. The number of hydrogen-bond acceptors (Lipinski definition) is 8. The predicted octanol–water partition coefficient (Wildman–Crippen LogP) is -0.285. The minimum absolute atomic E-state index is 0.0374. The zero-order valence-electron chi connectivity index (χ0n) is 11.0. The third-order valence-corrected chi connectivity index (χ3v) is 3.17. The standard InChI is InChI=1S/C10H14N6O3S/c1-6-12-14-10(20-6)11-9(18)3-16-8(5-19-2)7(4-17)13-15-16/h17H,3-5H2,1-2H3,(H,11,14,18). The van der Waals surface area contributed by atoms with Gasteiger partial charge in [-0.3, -0.25) is 10.1 Å². The number of ether oxygens (including phenoxy) is 1. The first kappa shape index (κ1) is 14.5. The van der Waals surface area contributed by atoms with Gasteiger partial charge in [0.1, 0.15) is 17.2 Å². The number of aliphatic hydroxyl groups is 1. The first-order valence-corrected chi connectivity index (χ1v) is 6.56. The van der Waals surface area contributed by atoms with Crippen LogP contribution in [0.15, 0.2) is 0 Å². The van der Waals surface area contributed by atoms with Crippen molar-refractivity contribution in [1.82, 2.24) is 25.2 Å². The molecule has 0 aromatic carbocycles. The van der Waals surface area contributed by atoms with Crippen LogP contribution < -0.4 is 5.32 Å². The third-order valence-electron chi connectivity index (χ3n) is 2.41. The molecule has 0 aliphatic rings. The quantitative estimate of drug-likeness (QED) is 0.753. The highest BCUT2D eigenvalue weighted by Gasteiger charge is 2.15. The third kappa shape index (κ3) is 3.35. The molecule has 2 N–H and O–H groups in total. The van der Waals surface area contributed by atoms with Crippen molar-refractivity contribution in [3.05, 3.63) is 16.4 Å². The van der Waals surface area contributed by atoms with Gasteiger partial charge in [-0.05, 0) is 6.92 Å². The number of aromatic nitrogens is 5. The van der Waals surface area contributed by atoms with E-state index in [2.05, 4.69) is 25.8 Å². The molecule has 20 heavy (non-hydrogen) atoms. The van der Waals surface area contributed by atoms with E-state index >= 15 is 0 Å². The maximum atomic E-state index is 11.9. The minimum Gasteiger partial charge on any atom is -0.390 e. The summed E-state index contributed by atoms with van der Waals surface area (Å²) in [6.45, 7) is 1.73. The van der Waals surface area contributed by atoms with E-state index in [4.69, 9.17) is 9.84 Å². The van der Waals surface area contributed by atoms with Crippen LogP contribution in [0.25, 0.3) is 0 Å². The molecular weight excluding hydrogens is 284 g/mol. The number of rotatable bonds is 6. The smallest absolute Gasteiger partial charge is 0.248 e. The van der Waals surface area contributed by atoms with Crippen molar-refractivity contribution in [1.29, 1.82) is 0 Å². The van der Waals surface area contributed by atoms with Crippen LogP contribution in [-0.4, -0.2) is 43.3 Å². The number of methoxy groups -OCH3 is 1. The van der Waals surface area contributed by atoms with E-state index in [1.807, 2.05) is 0 Å². The maximum Gasteiger partial charge on any atom is 0.248 e. The molecule has 0 bridgehead atoms. The second-order valence-corrected chi connectivity index (χ2v) is 5.09. The fourth-order valence-electron chi connectivity index (χ4n) is 1.56. The number of amides is 1. The molecule has 2 heterocycles. The predicted molar refractivity (Wildman–Crippen MR) is 69.9 cm³/mol. The van der Waals surface area contributed by atoms with Crippen LogP contribution in [0.2, 0.25) is 0 Å². The number of hydrogen-bond donors (Lipinski definition) is 2. The van der Waals surface area contributed by atoms with Crippen LogP contribution in [0.5, 0.6) is 0 Å². The van der Waals surface area contributed by atoms with E-state index in [1.165, 1.54) is 23.1 Å². The Morgan fingerprint density at radius 2 is 2.25 bits per heavy atom. The van der Waals surface area contributed by atoms with E-state index in [0.717, 1.165) is 5.01 Å². The van der Waals surface area contributed by atoms with Crippen LogP contribution in [0, 0.1) is 6.92 Å². The molecule has 10 heteroatoms. The van der Waals surface area contributed by atoms with Crippen molar-refractivity contribution in [2.75, 3.05) is 12.4 Å². The van der Waals surface area contributed by atoms with Gasteiger partial charge in [0.2, 0.25) is 11.0 Å². The Morgan fingerprint density at radius 3 is 2.85 bits per heavy atom. The second-order valence-electron chi connectivity index (χ2n) is 3.91. The lowest BCUT2D eigenvalue weighted by Gasteiger charge is -2.06. The lowest BCUT2D eigenvalue weighted by Crippen LogP contribution is -2.21. The Morgan fingerprint density at radius 1 is 1.45 bits per heavy atom. The average molecular weight is 298 g/mol. The Balaban J connectivity index is 2.05. The molecule has 108 valence electrons. The van der Waals surface area contributed by atoms with Crippen LogP contribution in [-0.2, 0) is 29.3 Å². The van der Waals surface area contributed by atoms with Gasteiger partial charge in [-0.2, -0.15) is 0 Å². The molecule has 0 saturated carbocycles. The second kappa shape index (κ2) is 6.50. The molecule has 0 radical (unpaired) electrons. The fourth-order valence-corrected chi connectivity index (χ4v) is 2.16. The largest absolute Gasteiger partial charge is 0.390 e. The number of carbonyl (C=O) groups excluding carboxylic acids is 1. The molecule has 0 fully saturated rings. The highest BCUT2D eigenvalue weighted by molar-refractivity contribution is 7.15. The van der Waals surface area contributed by atoms with E-state index in [0.29, 0.717) is 16.5 Å². The van der Waals surface area contributed by atoms with Gasteiger partial charge >= 0.3 is 0 Å². The Hall–Kier alpha value is -1.91. The Kier molecular flexibility index (Phi) is 4.71. The van der Waals surface area contributed by atoms with Crippen molar-refractivity contribution in [3.8, 4) is 0 Å². The van der Waals surface area contributed by atoms with Gasteiger partial charge in [0.25, 0.3) is 0 Å². The zero-order valence-corrected chi connectivity index (χ0v) is 11.8. The highest BCUT2D eigenvalue weighted by Crippen LogP contribution is 2.14. The lowest BCUT2D eigenvalue weighted by molar-refractivity contribution is -0.117. The van der Waals surface area contributed by atoms with Gasteiger partial charge in [-0.25, -0.2) is 4.68 Å². The molecular formula is C10H14N6O3S. The van der Waals surface area contributed by atoms with E-state index < -0.39 is 0 Å². The van der Waals surface area contributed by atoms with Crippen LogP contribution in [0.1, 0.15) is 16.4 Å². The maximum absolute atomic E-state index is 11.9. The Bertz CT molecular complexity index is 596. The SMILES string of the molecule is COCc1c(CO)nnn1CC(=O)Nc1nnc(C)s1. The van der Waals surface area contributed by atoms with Crippen LogP contribution in [0.4, 0.5) is 5.13 Å². The number of nitrogens with zero attached hydrogens (tertiary/aromatic N) is 5. The fraction of sp³-hybridized carbons (Fsp3) is 0.500. The normalized spacial score (nSPS) is 10.8. The molecule has 1 amide bonds. The minimum atomic E-state index is -0.298. The van der Waals surface area contributed by atoms with Gasteiger partial charge in [0.15, 0.2) is 0 Å². The van der Waals surface area contributed by atoms with Gasteiger partial charge in [0.05, 0.1) is 18.9 Å². The summed E-state index contributed by atoms with van der Waals surface area (Å²) in [5.41, 5.74) is 0.963. The Labute approximate surface area is 118 Å². The molecule has 0 saturated heterocycles. The molecule has 2 aromatic heterocycles. The first-order chi connectivity index (χ1) is 9.63. The lowest BCUT2D eigenvalue weighted by atomic mass is 10.3. The molecule has 0 aliphatic heterocycles. The van der Waals surface area contributed by atoms with Crippen molar-refractivity contribution >= 4 is 22.4 Å². The summed E-state index contributed by atoms with van der Waals surface area (Å²) in [7, 11) is 1.52. The van der Waals surface area contributed by atoms with Crippen LogP contribution >= 0.6 is 11.3 Å². The van der Waals surface area contributed by atoms with E-state index in [9.17, 15) is 4.79 Å². The number of carbonyl (C=O) groups is 1. The van der Waals surface area contributed by atoms with Gasteiger partial charge in [-0.1, -0.05) is 16.6 Å². The highest BCUT2D eigenvalue weighted by atomic mass is 32.1. The number of aliphatic hydroxyl groups excluding tert-OH is 1. The van der Waals surface area contributed by atoms with Gasteiger partial charge in [-0.15, -0.1) is 15.3 Å². The summed E-state index contributed by atoms with van der Waals surface area (Å²) in [6.07, 6.45) is 0. The topological polar surface area (TPSA) is 115 Å². The number of aryl methyl sites for hydroxylation is 1. The van der Waals surface area contributed by atoms with Crippen molar-refractivity contribution in [3.63, 3.8) is 0 Å². The summed E-state index contributed by atoms with van der Waals surface area (Å²) in [6, 6.07) is 0. The van der Waals surface area contributed by atoms with Gasteiger partial charge in [0, 0.05) is 7.11 Å². The first-order valence-electron chi connectivity index (χ1n) is 5.75. The van der Waals surface area contributed by atoms with Crippen LogP contribution in [0.3, 0.4) is 0 Å². The summed E-state index contributed by atoms with van der Waals surface area (Å²) in [5, 5.41) is 28.2. The zero-order chi connectivity index (χ0) is 14.5. The molecule has 2 aromatic rings. The molecule has 2 rings (SSSR count). The van der Waals surface area contributed by atoms with E-state index in [1.54, 1.807) is 6.92 Å². The summed E-state index contributed by atoms with van der Waals surface area (Å²) >= 11 is 1.29. The van der Waals surface area contributed by atoms with Crippen molar-refractivity contribution < 1.29 is 14.6 Å². The monoisotopic (exact) mass is 298 g/mol. The van der Waals surface area contributed by atoms with E-state index in [-0.39, 0.29) is 25.7 Å². The van der Waals surface area contributed by atoms with Gasteiger partial charge < -0.3 is 9.84 Å². The summed E-state index contributed by atoms with van der Waals surface area (Å²) < 4.78 is 6.40. The van der Waals surface area contributed by atoms with Crippen molar-refractivity contribution in [2.24, 2.45) is 0 Å². The number of anilines is 1. The average Bonchev–Trinajstić information content (AvgIpc) is 2.97.